The van der Waals surface area contributed by atoms with Gasteiger partial charge in [-0.3, -0.25) is 9.59 Å². The molecule has 2 aromatic carbocycles. The number of benzene rings is 2. The molecular weight excluding hydrogens is 572 g/mol. The van der Waals surface area contributed by atoms with Gasteiger partial charge >= 0.3 is 0 Å². The molecule has 12 heteroatoms. The summed E-state index contributed by atoms with van der Waals surface area (Å²) in [4.78, 5) is 32.3. The average molecular weight is 605 g/mol. The van der Waals surface area contributed by atoms with E-state index in [4.69, 9.17) is 16.3 Å². The van der Waals surface area contributed by atoms with E-state index in [1.54, 1.807) is 66.6 Å². The van der Waals surface area contributed by atoms with Gasteiger partial charge in [-0.1, -0.05) is 41.4 Å². The van der Waals surface area contributed by atoms with Crippen LogP contribution in [-0.2, 0) is 14.8 Å². The van der Waals surface area contributed by atoms with Crippen LogP contribution in [0, 0.1) is 6.92 Å². The Hall–Kier alpha value is -2.99. The second-order valence-electron chi connectivity index (χ2n) is 10.1. The Morgan fingerprint density at radius 1 is 1.10 bits per heavy atom. The summed E-state index contributed by atoms with van der Waals surface area (Å²) in [5.74, 6) is 0.144. The van der Waals surface area contributed by atoms with Crippen molar-refractivity contribution in [3.63, 3.8) is 0 Å². The van der Waals surface area contributed by atoms with E-state index in [1.807, 2.05) is 13.0 Å². The minimum atomic E-state index is -3.64. The number of hydrogen-bond acceptors (Lipinski definition) is 7. The van der Waals surface area contributed by atoms with Crippen LogP contribution in [0.1, 0.15) is 53.7 Å². The lowest BCUT2D eigenvalue weighted by Gasteiger charge is -2.36. The van der Waals surface area contributed by atoms with E-state index >= 15 is 0 Å². The van der Waals surface area contributed by atoms with Crippen LogP contribution in [0.4, 0.5) is 0 Å². The van der Waals surface area contributed by atoms with Crippen molar-refractivity contribution in [2.75, 3.05) is 26.2 Å². The van der Waals surface area contributed by atoms with Gasteiger partial charge in [-0.05, 0) is 57.9 Å². The van der Waals surface area contributed by atoms with E-state index in [-0.39, 0.29) is 35.7 Å². The van der Waals surface area contributed by atoms with E-state index in [0.717, 1.165) is 23.4 Å². The fourth-order valence-electron chi connectivity index (χ4n) is 4.39. The van der Waals surface area contributed by atoms with Gasteiger partial charge in [0, 0.05) is 37.5 Å². The van der Waals surface area contributed by atoms with Gasteiger partial charge in [0.15, 0.2) is 5.60 Å². The molecule has 9 nitrogen and oxygen atoms in total. The molecule has 0 spiro atoms. The lowest BCUT2D eigenvalue weighted by Crippen LogP contribution is -2.51. The lowest BCUT2D eigenvalue weighted by atomic mass is 9.96. The quantitative estimate of drug-likeness (QED) is 0.332. The van der Waals surface area contributed by atoms with Crippen molar-refractivity contribution in [1.29, 1.82) is 0 Å². The van der Waals surface area contributed by atoms with Crippen molar-refractivity contribution in [2.45, 2.75) is 50.0 Å². The van der Waals surface area contributed by atoms with Crippen LogP contribution in [-0.4, -0.2) is 61.9 Å². The molecule has 1 fully saturated rings. The molecule has 40 heavy (non-hydrogen) atoms. The molecule has 3 aromatic rings. The molecule has 0 saturated carbocycles. The third-order valence-electron chi connectivity index (χ3n) is 6.64. The minimum Gasteiger partial charge on any atom is -0.476 e. The number of hydrogen-bond donors (Lipinski definition) is 2. The van der Waals surface area contributed by atoms with E-state index in [9.17, 15) is 18.0 Å². The molecule has 1 saturated heterocycles. The molecule has 1 aliphatic heterocycles. The normalized spacial score (nSPS) is 14.7. The molecule has 2 N–H and O–H groups in total. The molecule has 214 valence electrons. The van der Waals surface area contributed by atoms with Gasteiger partial charge in [0.05, 0.1) is 14.9 Å². The summed E-state index contributed by atoms with van der Waals surface area (Å²) < 4.78 is 33.2. The number of nitrogens with zero attached hydrogens (tertiary/aromatic N) is 2. The fourth-order valence-corrected chi connectivity index (χ4v) is 6.57. The molecular formula is C28H33ClN4O5S2. The molecule has 1 aromatic heterocycles. The summed E-state index contributed by atoms with van der Waals surface area (Å²) in [6.07, 6.45) is 1.45. The zero-order valence-electron chi connectivity index (χ0n) is 22.6. The second-order valence-corrected chi connectivity index (χ2v) is 13.2. The Bertz CT molecular complexity index is 1450. The van der Waals surface area contributed by atoms with Crippen molar-refractivity contribution in [3.8, 4) is 5.75 Å². The summed E-state index contributed by atoms with van der Waals surface area (Å²) in [7, 11) is -3.64. The summed E-state index contributed by atoms with van der Waals surface area (Å²) in [6, 6.07) is 13.6. The van der Waals surface area contributed by atoms with Crippen molar-refractivity contribution in [2.24, 2.45) is 0 Å². The first-order valence-electron chi connectivity index (χ1n) is 13.0. The highest BCUT2D eigenvalue weighted by Crippen LogP contribution is 2.33. The minimum absolute atomic E-state index is 0.0575. The number of aromatic nitrogens is 1. The molecule has 0 radical (unpaired) electrons. The predicted octanol–water partition coefficient (Wildman–Crippen LogP) is 4.38. The average Bonchev–Trinajstić information content (AvgIpc) is 3.43. The first kappa shape index (κ1) is 30.0. The predicted molar refractivity (Wildman–Crippen MR) is 156 cm³/mol. The van der Waals surface area contributed by atoms with Gasteiger partial charge in [-0.25, -0.2) is 18.1 Å². The number of carbonyl (C=O) groups is 2. The molecule has 2 amide bonds. The molecule has 2 heterocycles. The largest absolute Gasteiger partial charge is 0.476 e. The fraction of sp³-hybridized carbons (Fsp3) is 0.393. The summed E-state index contributed by atoms with van der Waals surface area (Å²) in [5, 5.41) is 5.72. The number of piperidine rings is 1. The zero-order valence-corrected chi connectivity index (χ0v) is 25.0. The second kappa shape index (κ2) is 12.7. The Balaban J connectivity index is 1.24. The number of rotatable bonds is 10. The molecule has 0 aliphatic carbocycles. The number of likely N-dealkylation sites (tertiary alicyclic amines) is 1. The van der Waals surface area contributed by atoms with Crippen LogP contribution in [0.25, 0.3) is 0 Å². The number of nitrogens with one attached hydrogen (secondary N) is 2. The molecule has 1 aliphatic rings. The van der Waals surface area contributed by atoms with E-state index < -0.39 is 15.6 Å². The van der Waals surface area contributed by atoms with Crippen LogP contribution < -0.4 is 14.8 Å². The van der Waals surface area contributed by atoms with Crippen LogP contribution in [0.5, 0.6) is 5.75 Å². The van der Waals surface area contributed by atoms with E-state index in [1.165, 1.54) is 11.3 Å². The summed E-state index contributed by atoms with van der Waals surface area (Å²) >= 11 is 7.62. The molecule has 4 rings (SSSR count). The van der Waals surface area contributed by atoms with E-state index in [0.29, 0.717) is 29.6 Å². The van der Waals surface area contributed by atoms with Gasteiger partial charge < -0.3 is 15.0 Å². The van der Waals surface area contributed by atoms with Crippen LogP contribution in [0.15, 0.2) is 58.8 Å². The highest BCUT2D eigenvalue weighted by molar-refractivity contribution is 7.89. The maximum Gasteiger partial charge on any atom is 0.270 e. The lowest BCUT2D eigenvalue weighted by molar-refractivity contribution is -0.146. The van der Waals surface area contributed by atoms with Gasteiger partial charge in [-0.15, -0.1) is 11.3 Å². The van der Waals surface area contributed by atoms with Crippen LogP contribution >= 0.6 is 22.9 Å². The third kappa shape index (κ3) is 7.39. The third-order valence-corrected chi connectivity index (χ3v) is 9.43. The van der Waals surface area contributed by atoms with Crippen molar-refractivity contribution >= 4 is 44.8 Å². The van der Waals surface area contributed by atoms with Crippen molar-refractivity contribution in [3.05, 3.63) is 75.2 Å². The topological polar surface area (TPSA) is 118 Å². The van der Waals surface area contributed by atoms with E-state index in [2.05, 4.69) is 15.0 Å². The van der Waals surface area contributed by atoms with Crippen LogP contribution in [0.3, 0.4) is 0 Å². The summed E-state index contributed by atoms with van der Waals surface area (Å²) in [6.45, 7) is 6.66. The smallest absolute Gasteiger partial charge is 0.270 e. The van der Waals surface area contributed by atoms with Gasteiger partial charge in [0.2, 0.25) is 10.0 Å². The maximum atomic E-state index is 13.2. The molecule has 0 bridgehead atoms. The van der Waals surface area contributed by atoms with Crippen LogP contribution in [0.2, 0.25) is 5.02 Å². The van der Waals surface area contributed by atoms with Gasteiger partial charge in [0.25, 0.3) is 11.8 Å². The summed E-state index contributed by atoms with van der Waals surface area (Å²) in [5.41, 5.74) is 0.198. The van der Waals surface area contributed by atoms with Gasteiger partial charge in [-0.2, -0.15) is 0 Å². The molecule has 0 atom stereocenters. The standard InChI is InChI=1S/C28H33ClN4O5S2/c1-19-8-10-21(11-9-19)40(36,37)31-15-14-30-25(34)23-18-39-26(32-23)20-12-16-33(17-13-20)27(35)28(2,3)38-24-7-5-4-6-22(24)29/h4-11,18,20,31H,12-17H2,1-3H3,(H,30,34). The number of carbonyl (C=O) groups excluding carboxylic acids is 2. The Kier molecular flexibility index (Phi) is 9.50. The zero-order chi connectivity index (χ0) is 28.9. The van der Waals surface area contributed by atoms with Gasteiger partial charge in [0.1, 0.15) is 11.4 Å². The number of sulfonamides is 1. The number of ether oxygens (including phenoxy) is 1. The SMILES string of the molecule is Cc1ccc(S(=O)(=O)NCCNC(=O)c2csc(C3CCN(C(=O)C(C)(C)Oc4ccccc4Cl)CC3)n2)cc1. The van der Waals surface area contributed by atoms with Crippen molar-refractivity contribution in [1.82, 2.24) is 19.9 Å². The number of amides is 2. The Morgan fingerprint density at radius 3 is 2.45 bits per heavy atom. The maximum absolute atomic E-state index is 13.2. The Morgan fingerprint density at radius 2 is 1.77 bits per heavy atom. The number of para-hydroxylation sites is 1. The monoisotopic (exact) mass is 604 g/mol. The van der Waals surface area contributed by atoms with Crippen molar-refractivity contribution < 1.29 is 22.7 Å². The molecule has 0 unspecified atom stereocenters. The highest BCUT2D eigenvalue weighted by Gasteiger charge is 2.37. The first-order chi connectivity index (χ1) is 19.0. The Labute approximate surface area is 244 Å². The number of halogens is 1. The highest BCUT2D eigenvalue weighted by atomic mass is 35.5. The number of aryl methyl sites for hydroxylation is 1. The number of thiazole rings is 1. The first-order valence-corrected chi connectivity index (χ1v) is 15.7.